The number of hydrogen-bond donors (Lipinski definition) is 7. The van der Waals surface area contributed by atoms with Crippen molar-refractivity contribution in [2.45, 2.75) is 76.3 Å². The zero-order valence-corrected chi connectivity index (χ0v) is 41.8. The Bertz CT molecular complexity index is 3050. The highest BCUT2D eigenvalue weighted by Gasteiger charge is 2.54. The van der Waals surface area contributed by atoms with Gasteiger partial charge in [0.2, 0.25) is 5.91 Å². The first-order valence-corrected chi connectivity index (χ1v) is 25.5. The molecular formula is C60H66N6O8. The van der Waals surface area contributed by atoms with Gasteiger partial charge in [-0.2, -0.15) is 10.1 Å². The van der Waals surface area contributed by atoms with E-state index in [0.717, 1.165) is 50.7 Å². The van der Waals surface area contributed by atoms with E-state index < -0.39 is 42.4 Å². The van der Waals surface area contributed by atoms with Crippen LogP contribution in [-0.4, -0.2) is 110 Å². The van der Waals surface area contributed by atoms with Crippen molar-refractivity contribution in [3.05, 3.63) is 192 Å². The normalized spacial score (nSPS) is 21.3. The van der Waals surface area contributed by atoms with Gasteiger partial charge in [0.15, 0.2) is 0 Å². The summed E-state index contributed by atoms with van der Waals surface area (Å²) in [6.45, 7) is 5.35. The Labute approximate surface area is 431 Å². The maximum atomic E-state index is 13.4. The molecule has 8 aromatic rings. The number of cyclic esters (lactones) is 1. The first kappa shape index (κ1) is 51.9. The molecule has 3 aliphatic rings. The van der Waals surface area contributed by atoms with Gasteiger partial charge in [-0.1, -0.05) is 146 Å². The summed E-state index contributed by atoms with van der Waals surface area (Å²) < 4.78 is 5.17. The summed E-state index contributed by atoms with van der Waals surface area (Å²) in [5.74, 6) is -1.15. The number of aromatic nitrogens is 2. The summed E-state index contributed by atoms with van der Waals surface area (Å²) in [5.41, 5.74) is 16.8. The second kappa shape index (κ2) is 24.4. The molecule has 6 aromatic carbocycles. The summed E-state index contributed by atoms with van der Waals surface area (Å²) in [7, 11) is 0. The van der Waals surface area contributed by atoms with Crippen LogP contribution in [0.2, 0.25) is 0 Å². The Morgan fingerprint density at radius 1 is 0.649 bits per heavy atom. The van der Waals surface area contributed by atoms with Crippen molar-refractivity contribution < 1.29 is 39.3 Å². The molecule has 0 aliphatic carbocycles. The van der Waals surface area contributed by atoms with E-state index in [1.807, 2.05) is 109 Å². The number of carbonyl (C=O) groups is 2. The second-order valence-corrected chi connectivity index (χ2v) is 19.2. The van der Waals surface area contributed by atoms with Crippen LogP contribution in [0.25, 0.3) is 44.1 Å². The van der Waals surface area contributed by atoms with Crippen molar-refractivity contribution in [3.63, 3.8) is 0 Å². The lowest BCUT2D eigenvalue weighted by Crippen LogP contribution is -2.48. The van der Waals surface area contributed by atoms with Gasteiger partial charge in [0.1, 0.15) is 24.3 Å². The van der Waals surface area contributed by atoms with Gasteiger partial charge in [-0.25, -0.2) is 0 Å². The van der Waals surface area contributed by atoms with Crippen molar-refractivity contribution in [2.75, 3.05) is 26.3 Å². The van der Waals surface area contributed by atoms with Gasteiger partial charge in [0, 0.05) is 46.7 Å². The van der Waals surface area contributed by atoms with Crippen LogP contribution >= 0.6 is 0 Å². The number of H-pyrrole nitrogens is 2. The number of nitrogens with one attached hydrogen (secondary N) is 3. The molecule has 74 heavy (non-hydrogen) atoms. The number of aliphatic hydroxyl groups is 3. The van der Waals surface area contributed by atoms with Crippen LogP contribution in [0.5, 0.6) is 0 Å². The molecule has 0 radical (unpaired) electrons. The molecule has 3 saturated heterocycles. The molecule has 3 fully saturated rings. The molecule has 0 saturated carbocycles. The molecule has 8 N–H and O–H groups in total. The molecule has 1 amide bonds. The summed E-state index contributed by atoms with van der Waals surface area (Å²) >= 11 is 0. The van der Waals surface area contributed by atoms with E-state index >= 15 is 0 Å². The van der Waals surface area contributed by atoms with Crippen molar-refractivity contribution >= 4 is 33.7 Å². The number of hydroxylamine groups is 4. The first-order chi connectivity index (χ1) is 36.1. The average molecular weight is 999 g/mol. The Morgan fingerprint density at radius 3 is 1.64 bits per heavy atom. The Balaban J connectivity index is 0.000000155. The van der Waals surface area contributed by atoms with E-state index in [1.54, 1.807) is 24.0 Å². The summed E-state index contributed by atoms with van der Waals surface area (Å²) in [6.07, 6.45) is 3.09. The summed E-state index contributed by atoms with van der Waals surface area (Å²) in [5, 5.41) is 39.1. The minimum absolute atomic E-state index is 0.115. The number of hydrogen-bond acceptors (Lipinski definition) is 11. The van der Waals surface area contributed by atoms with Crippen LogP contribution in [0.3, 0.4) is 0 Å². The maximum Gasteiger partial charge on any atom is 0.326 e. The number of carbonyl (C=O) groups excluding carboxylic acids is 2. The average Bonchev–Trinajstić information content (AvgIpc) is 4.28. The fourth-order valence-corrected chi connectivity index (χ4v) is 10.3. The fourth-order valence-electron chi connectivity index (χ4n) is 10.3. The lowest BCUT2D eigenvalue weighted by molar-refractivity contribution is -0.202. The van der Waals surface area contributed by atoms with Crippen LogP contribution < -0.4 is 11.1 Å². The number of esters is 1. The highest BCUT2D eigenvalue weighted by molar-refractivity contribution is 5.85. The van der Waals surface area contributed by atoms with Crippen molar-refractivity contribution in [2.24, 2.45) is 17.6 Å². The molecule has 0 spiro atoms. The minimum Gasteiger partial charge on any atom is -0.464 e. The smallest absolute Gasteiger partial charge is 0.326 e. The number of nitrogens with two attached hydrogens (primary N) is 1. The van der Waals surface area contributed by atoms with Gasteiger partial charge in [-0.15, -0.1) is 0 Å². The molecule has 14 heteroatoms. The van der Waals surface area contributed by atoms with E-state index in [2.05, 4.69) is 75.9 Å². The van der Waals surface area contributed by atoms with E-state index in [1.165, 1.54) is 22.0 Å². The Hall–Kier alpha value is -6.98. The van der Waals surface area contributed by atoms with Crippen LogP contribution in [-0.2, 0) is 49.9 Å². The number of rotatable bonds is 15. The lowest BCUT2D eigenvalue weighted by Gasteiger charge is -2.24. The molecule has 5 heterocycles. The molecular weight excluding hydrogens is 933 g/mol. The summed E-state index contributed by atoms with van der Waals surface area (Å²) in [6, 6.07) is 51.9. The number of benzene rings is 6. The largest absolute Gasteiger partial charge is 0.464 e. The minimum atomic E-state index is -0.830. The quantitative estimate of drug-likeness (QED) is 0.0497. The molecule has 0 unspecified atom stereocenters. The van der Waals surface area contributed by atoms with Crippen LogP contribution in [0.4, 0.5) is 0 Å². The molecule has 11 rings (SSSR count). The van der Waals surface area contributed by atoms with Gasteiger partial charge in [-0.05, 0) is 89.9 Å². The number of ether oxygens (including phenoxy) is 1. The molecule has 3 aliphatic heterocycles. The van der Waals surface area contributed by atoms with Crippen molar-refractivity contribution in [1.29, 1.82) is 0 Å². The van der Waals surface area contributed by atoms with Crippen LogP contribution in [0, 0.1) is 11.8 Å². The highest BCUT2D eigenvalue weighted by Crippen LogP contribution is 2.37. The van der Waals surface area contributed by atoms with E-state index in [-0.39, 0.29) is 24.4 Å². The zero-order valence-electron chi connectivity index (χ0n) is 41.8. The standard InChI is InChI=1S/C30H33N3O4.C20H21NO4.C10H12N2/c1-20(35)29-26(19-34)28(30(36)31-16-15-24-17-32-27-10-6-5-9-25(24)27)33(37-29)18-21-11-13-23(14-12-21)22-7-3-2-4-8-22;1-13(22)19-17-12-24-20(23)18(17)21(25-19)11-14-7-9-16(10-8-14)15-5-3-2-4-6-15;11-6-5-8-7-12-10-4-2-1-3-9(8)10/h2-14,17,20,26,28-29,32,34-35H,15-16,18-19H2,1H3,(H,31,36);2-10,13,17-19,22H,11-12H2,1H3;1-4,7,12H,5-6,11H2/t20-,26-,28-,29-;13-,17-,18-,19-;/m00./s1. The zero-order chi connectivity index (χ0) is 51.6. The Kier molecular flexibility index (Phi) is 17.1. The van der Waals surface area contributed by atoms with E-state index in [4.69, 9.17) is 20.1 Å². The number of aromatic amines is 2. The Morgan fingerprint density at radius 2 is 1.12 bits per heavy atom. The molecule has 2 aromatic heterocycles. The highest BCUT2D eigenvalue weighted by atomic mass is 16.7. The number of amides is 1. The lowest BCUT2D eigenvalue weighted by atomic mass is 9.92. The molecule has 384 valence electrons. The topological polar surface area (TPSA) is 199 Å². The predicted molar refractivity (Wildman–Crippen MR) is 287 cm³/mol. The predicted octanol–water partition coefficient (Wildman–Crippen LogP) is 7.73. The van der Waals surface area contributed by atoms with Crippen molar-refractivity contribution in [1.82, 2.24) is 25.4 Å². The molecule has 14 nitrogen and oxygen atoms in total. The SMILES string of the molecule is C[C@H](O)[C@@H]1ON(Cc2ccc(-c3ccccc3)cc2)[C@@H]2C(=O)OC[C@H]12.C[C@H](O)[C@@H]1ON(Cc2ccc(-c3ccccc3)cc2)[C@H](C(=O)NCCc2c[nH]c3ccccc23)[C@@H]1CO.NCCc1c[nH]c2ccccc12. The summed E-state index contributed by atoms with van der Waals surface area (Å²) in [4.78, 5) is 43.8. The number of fused-ring (bicyclic) bond motifs is 3. The van der Waals surface area contributed by atoms with E-state index in [9.17, 15) is 24.9 Å². The second-order valence-electron chi connectivity index (χ2n) is 19.2. The molecule has 0 bridgehead atoms. The number of para-hydroxylation sites is 2. The third-order valence-corrected chi connectivity index (χ3v) is 14.1. The van der Waals surface area contributed by atoms with Gasteiger partial charge in [0.25, 0.3) is 0 Å². The third-order valence-electron chi connectivity index (χ3n) is 14.1. The van der Waals surface area contributed by atoms with Crippen molar-refractivity contribution in [3.8, 4) is 22.3 Å². The molecule has 8 atom stereocenters. The number of aliphatic hydroxyl groups excluding tert-OH is 3. The van der Waals surface area contributed by atoms with Crippen LogP contribution in [0.1, 0.15) is 36.1 Å². The first-order valence-electron chi connectivity index (χ1n) is 25.5. The van der Waals surface area contributed by atoms with Gasteiger partial charge in [0.05, 0.1) is 44.4 Å². The maximum absolute atomic E-state index is 13.4. The monoisotopic (exact) mass is 998 g/mol. The van der Waals surface area contributed by atoms with Gasteiger partial charge < -0.3 is 41.1 Å². The van der Waals surface area contributed by atoms with E-state index in [0.29, 0.717) is 39.2 Å². The third kappa shape index (κ3) is 12.0. The number of nitrogens with zero attached hydrogens (tertiary/aromatic N) is 2. The fraction of sp³-hybridized carbons (Fsp3) is 0.300. The van der Waals surface area contributed by atoms with Gasteiger partial charge in [-0.3, -0.25) is 19.3 Å². The van der Waals surface area contributed by atoms with Crippen LogP contribution in [0.15, 0.2) is 170 Å². The van der Waals surface area contributed by atoms with Gasteiger partial charge >= 0.3 is 5.97 Å².